The van der Waals surface area contributed by atoms with Gasteiger partial charge in [0.25, 0.3) is 0 Å². The van der Waals surface area contributed by atoms with Crippen LogP contribution in [-0.4, -0.2) is 13.2 Å². The molecule has 0 fully saturated rings. The maximum Gasteiger partial charge on any atom is 0.119 e. The summed E-state index contributed by atoms with van der Waals surface area (Å²) in [5, 5.41) is 3.46. The second-order valence-electron chi connectivity index (χ2n) is 4.65. The fourth-order valence-corrected chi connectivity index (χ4v) is 2.01. The minimum atomic E-state index is 0.228. The molecule has 1 atom stereocenters. The van der Waals surface area contributed by atoms with E-state index in [0.717, 1.165) is 12.3 Å². The van der Waals surface area contributed by atoms with E-state index in [9.17, 15) is 0 Å². The lowest BCUT2D eigenvalue weighted by Crippen LogP contribution is -2.26. The number of ether oxygens (including phenoxy) is 1. The normalized spacial score (nSPS) is 12.1. The first-order chi connectivity index (χ1) is 9.29. The summed E-state index contributed by atoms with van der Waals surface area (Å²) in [6.07, 6.45) is 0. The number of hydrogen-bond donors (Lipinski definition) is 1. The fourth-order valence-electron chi connectivity index (χ4n) is 2.01. The minimum absolute atomic E-state index is 0.228. The average Bonchev–Trinajstić information content (AvgIpc) is 2.46. The Balaban J connectivity index is 2.02. The summed E-state index contributed by atoms with van der Waals surface area (Å²) < 4.78 is 5.84. The van der Waals surface area contributed by atoms with Crippen molar-refractivity contribution in [3.8, 4) is 5.75 Å². The van der Waals surface area contributed by atoms with Gasteiger partial charge in [0.2, 0.25) is 0 Å². The summed E-state index contributed by atoms with van der Waals surface area (Å²) in [7, 11) is 0. The van der Waals surface area contributed by atoms with Gasteiger partial charge < -0.3 is 10.1 Å². The predicted molar refractivity (Wildman–Crippen MR) is 79.5 cm³/mol. The standard InChI is InChI=1S/C17H21NO/c1-3-18-17(15-11-9-14(2)10-12-15)13-19-16-7-5-4-6-8-16/h4-12,17-18H,3,13H2,1-2H3. The molecular formula is C17H21NO. The highest BCUT2D eigenvalue weighted by atomic mass is 16.5. The van der Waals surface area contributed by atoms with E-state index in [-0.39, 0.29) is 6.04 Å². The van der Waals surface area contributed by atoms with Crippen molar-refractivity contribution in [2.45, 2.75) is 19.9 Å². The van der Waals surface area contributed by atoms with Crippen molar-refractivity contribution < 1.29 is 4.74 Å². The van der Waals surface area contributed by atoms with E-state index in [2.05, 4.69) is 43.4 Å². The number of aryl methyl sites for hydroxylation is 1. The number of nitrogens with one attached hydrogen (secondary N) is 1. The van der Waals surface area contributed by atoms with Gasteiger partial charge in [-0.05, 0) is 31.2 Å². The van der Waals surface area contributed by atoms with Gasteiger partial charge in [0.05, 0.1) is 6.04 Å². The molecule has 1 unspecified atom stereocenters. The van der Waals surface area contributed by atoms with E-state index in [1.807, 2.05) is 30.3 Å². The first kappa shape index (κ1) is 13.6. The van der Waals surface area contributed by atoms with Crippen molar-refractivity contribution in [3.05, 3.63) is 65.7 Å². The first-order valence-corrected chi connectivity index (χ1v) is 6.77. The number of rotatable bonds is 6. The van der Waals surface area contributed by atoms with Crippen LogP contribution in [0.1, 0.15) is 24.1 Å². The number of hydrogen-bond acceptors (Lipinski definition) is 2. The molecule has 0 aliphatic carbocycles. The second-order valence-corrected chi connectivity index (χ2v) is 4.65. The predicted octanol–water partition coefficient (Wildman–Crippen LogP) is 3.72. The molecule has 0 saturated carbocycles. The Morgan fingerprint density at radius 2 is 1.68 bits per heavy atom. The third-order valence-electron chi connectivity index (χ3n) is 3.09. The van der Waals surface area contributed by atoms with Crippen LogP contribution in [0.5, 0.6) is 5.75 Å². The zero-order chi connectivity index (χ0) is 13.5. The van der Waals surface area contributed by atoms with Crippen molar-refractivity contribution in [2.24, 2.45) is 0 Å². The molecule has 2 rings (SSSR count). The molecule has 2 nitrogen and oxygen atoms in total. The van der Waals surface area contributed by atoms with Crippen molar-refractivity contribution in [1.82, 2.24) is 5.32 Å². The zero-order valence-electron chi connectivity index (χ0n) is 11.6. The molecule has 19 heavy (non-hydrogen) atoms. The van der Waals surface area contributed by atoms with Gasteiger partial charge >= 0.3 is 0 Å². The second kappa shape index (κ2) is 6.95. The smallest absolute Gasteiger partial charge is 0.119 e. The number of benzene rings is 2. The molecule has 0 heterocycles. The molecule has 0 radical (unpaired) electrons. The molecule has 1 N–H and O–H groups in total. The molecule has 100 valence electrons. The van der Waals surface area contributed by atoms with Crippen LogP contribution in [0.15, 0.2) is 54.6 Å². The first-order valence-electron chi connectivity index (χ1n) is 6.77. The summed E-state index contributed by atoms with van der Waals surface area (Å²) in [5.41, 5.74) is 2.55. The fraction of sp³-hybridized carbons (Fsp3) is 0.294. The third-order valence-corrected chi connectivity index (χ3v) is 3.09. The van der Waals surface area contributed by atoms with Gasteiger partial charge in [0.15, 0.2) is 0 Å². The molecule has 0 amide bonds. The summed E-state index contributed by atoms with van der Waals surface area (Å²) in [4.78, 5) is 0. The lowest BCUT2D eigenvalue weighted by Gasteiger charge is -2.19. The Bertz CT molecular complexity index is 478. The maximum atomic E-state index is 5.84. The maximum absolute atomic E-state index is 5.84. The number of likely N-dealkylation sites (N-methyl/N-ethyl adjacent to an activating group) is 1. The summed E-state index contributed by atoms with van der Waals surface area (Å²) >= 11 is 0. The van der Waals surface area contributed by atoms with E-state index in [4.69, 9.17) is 4.74 Å². The van der Waals surface area contributed by atoms with Crippen LogP contribution in [0.2, 0.25) is 0 Å². The van der Waals surface area contributed by atoms with Crippen LogP contribution < -0.4 is 10.1 Å². The van der Waals surface area contributed by atoms with Gasteiger partial charge in [-0.2, -0.15) is 0 Å². The molecule has 2 aromatic rings. The van der Waals surface area contributed by atoms with Gasteiger partial charge in [-0.15, -0.1) is 0 Å². The van der Waals surface area contributed by atoms with Crippen LogP contribution >= 0.6 is 0 Å². The van der Waals surface area contributed by atoms with Crippen LogP contribution in [0.4, 0.5) is 0 Å². The Labute approximate surface area is 115 Å². The van der Waals surface area contributed by atoms with Crippen molar-refractivity contribution in [1.29, 1.82) is 0 Å². The van der Waals surface area contributed by atoms with Crippen molar-refractivity contribution >= 4 is 0 Å². The SMILES string of the molecule is CCNC(COc1ccccc1)c1ccc(C)cc1. The van der Waals surface area contributed by atoms with E-state index >= 15 is 0 Å². The largest absolute Gasteiger partial charge is 0.492 e. The van der Waals surface area contributed by atoms with E-state index in [1.54, 1.807) is 0 Å². The van der Waals surface area contributed by atoms with Gasteiger partial charge in [-0.3, -0.25) is 0 Å². The number of para-hydroxylation sites is 1. The van der Waals surface area contributed by atoms with Crippen molar-refractivity contribution in [3.63, 3.8) is 0 Å². The monoisotopic (exact) mass is 255 g/mol. The third kappa shape index (κ3) is 4.11. The lowest BCUT2D eigenvalue weighted by molar-refractivity contribution is 0.268. The quantitative estimate of drug-likeness (QED) is 0.849. The highest BCUT2D eigenvalue weighted by Crippen LogP contribution is 2.16. The van der Waals surface area contributed by atoms with Crippen LogP contribution in [0.3, 0.4) is 0 Å². The molecule has 0 aromatic heterocycles. The van der Waals surface area contributed by atoms with Gasteiger partial charge in [-0.25, -0.2) is 0 Å². The minimum Gasteiger partial charge on any atom is -0.492 e. The van der Waals surface area contributed by atoms with Crippen LogP contribution in [-0.2, 0) is 0 Å². The van der Waals surface area contributed by atoms with Crippen LogP contribution in [0, 0.1) is 6.92 Å². The highest BCUT2D eigenvalue weighted by Gasteiger charge is 2.10. The van der Waals surface area contributed by atoms with E-state index in [0.29, 0.717) is 6.61 Å². The van der Waals surface area contributed by atoms with Gasteiger partial charge in [0.1, 0.15) is 12.4 Å². The lowest BCUT2D eigenvalue weighted by atomic mass is 10.1. The average molecular weight is 255 g/mol. The summed E-state index contributed by atoms with van der Waals surface area (Å²) in [5.74, 6) is 0.914. The highest BCUT2D eigenvalue weighted by molar-refractivity contribution is 5.25. The Kier molecular flexibility index (Phi) is 4.99. The molecular weight excluding hydrogens is 234 g/mol. The Hall–Kier alpha value is -1.80. The molecule has 0 aliphatic heterocycles. The molecule has 0 aliphatic rings. The van der Waals surface area contributed by atoms with Crippen LogP contribution in [0.25, 0.3) is 0 Å². The van der Waals surface area contributed by atoms with Gasteiger partial charge in [0, 0.05) is 0 Å². The van der Waals surface area contributed by atoms with E-state index in [1.165, 1.54) is 11.1 Å². The molecule has 0 saturated heterocycles. The van der Waals surface area contributed by atoms with Gasteiger partial charge in [-0.1, -0.05) is 55.0 Å². The Morgan fingerprint density at radius 3 is 2.32 bits per heavy atom. The molecule has 0 spiro atoms. The zero-order valence-corrected chi connectivity index (χ0v) is 11.6. The van der Waals surface area contributed by atoms with Crippen molar-refractivity contribution in [2.75, 3.05) is 13.2 Å². The molecule has 0 bridgehead atoms. The topological polar surface area (TPSA) is 21.3 Å². The summed E-state index contributed by atoms with van der Waals surface area (Å²) in [6, 6.07) is 18.8. The molecule has 2 heteroatoms. The summed E-state index contributed by atoms with van der Waals surface area (Å²) in [6.45, 7) is 5.79. The molecule has 2 aromatic carbocycles. The Morgan fingerprint density at radius 1 is 1.00 bits per heavy atom. The van der Waals surface area contributed by atoms with E-state index < -0.39 is 0 Å².